The van der Waals surface area contributed by atoms with Crippen molar-refractivity contribution in [2.45, 2.75) is 12.6 Å². The van der Waals surface area contributed by atoms with E-state index in [1.54, 1.807) is 36.8 Å². The SMILES string of the molecule is COc1ccc(CNC(=O)[C@@H](OC(=O)c2cccs2)c2ccc(F)cc2)cc1. The largest absolute Gasteiger partial charge is 0.497 e. The van der Waals surface area contributed by atoms with Gasteiger partial charge in [-0.1, -0.05) is 30.3 Å². The minimum Gasteiger partial charge on any atom is -0.497 e. The van der Waals surface area contributed by atoms with Crippen molar-refractivity contribution in [1.29, 1.82) is 0 Å². The molecule has 0 unspecified atom stereocenters. The van der Waals surface area contributed by atoms with Gasteiger partial charge < -0.3 is 14.8 Å². The molecule has 2 aromatic carbocycles. The fourth-order valence-electron chi connectivity index (χ4n) is 2.50. The smallest absolute Gasteiger partial charge is 0.349 e. The Hall–Kier alpha value is -3.19. The number of carbonyl (C=O) groups is 2. The standard InChI is InChI=1S/C21H18FNO4S/c1-26-17-10-4-14(5-11-17)13-23-20(24)19(15-6-8-16(22)9-7-15)27-21(25)18-3-2-12-28-18/h2-12,19H,13H2,1H3,(H,23,24)/t19-/m0/s1. The average molecular weight is 399 g/mol. The molecular weight excluding hydrogens is 381 g/mol. The van der Waals surface area contributed by atoms with Crippen molar-refractivity contribution in [3.05, 3.63) is 87.9 Å². The predicted octanol–water partition coefficient (Wildman–Crippen LogP) is 4.11. The van der Waals surface area contributed by atoms with Gasteiger partial charge in [0.25, 0.3) is 5.91 Å². The number of rotatable bonds is 7. The molecule has 1 aromatic heterocycles. The third kappa shape index (κ3) is 4.95. The number of ether oxygens (including phenoxy) is 2. The van der Waals surface area contributed by atoms with Crippen LogP contribution in [0.5, 0.6) is 5.75 Å². The second kappa shape index (κ2) is 9.14. The van der Waals surface area contributed by atoms with Crippen LogP contribution >= 0.6 is 11.3 Å². The summed E-state index contributed by atoms with van der Waals surface area (Å²) in [6, 6.07) is 15.8. The maximum atomic E-state index is 13.3. The van der Waals surface area contributed by atoms with E-state index in [9.17, 15) is 14.0 Å². The van der Waals surface area contributed by atoms with E-state index in [1.807, 2.05) is 12.1 Å². The highest BCUT2D eigenvalue weighted by atomic mass is 32.1. The van der Waals surface area contributed by atoms with Crippen LogP contribution in [0.25, 0.3) is 0 Å². The monoisotopic (exact) mass is 399 g/mol. The molecule has 0 aliphatic carbocycles. The number of methoxy groups -OCH3 is 1. The Morgan fingerprint density at radius 1 is 1.07 bits per heavy atom. The molecule has 3 aromatic rings. The predicted molar refractivity (Wildman–Crippen MR) is 104 cm³/mol. The van der Waals surface area contributed by atoms with Crippen LogP contribution in [-0.2, 0) is 16.1 Å². The first-order valence-electron chi connectivity index (χ1n) is 8.47. The second-order valence-electron chi connectivity index (χ2n) is 5.88. The molecular formula is C21H18FNO4S. The summed E-state index contributed by atoms with van der Waals surface area (Å²) in [7, 11) is 1.58. The molecule has 3 rings (SSSR count). The minimum atomic E-state index is -1.19. The molecule has 0 spiro atoms. The topological polar surface area (TPSA) is 64.6 Å². The number of halogens is 1. The van der Waals surface area contributed by atoms with Crippen LogP contribution in [0.3, 0.4) is 0 Å². The Kier molecular flexibility index (Phi) is 6.39. The van der Waals surface area contributed by atoms with Gasteiger partial charge in [0.1, 0.15) is 16.4 Å². The lowest BCUT2D eigenvalue weighted by Gasteiger charge is -2.18. The van der Waals surface area contributed by atoms with Gasteiger partial charge in [0.2, 0.25) is 6.10 Å². The Morgan fingerprint density at radius 2 is 1.79 bits per heavy atom. The van der Waals surface area contributed by atoms with Crippen LogP contribution in [0.1, 0.15) is 26.9 Å². The highest BCUT2D eigenvalue weighted by Crippen LogP contribution is 2.22. The van der Waals surface area contributed by atoms with Crippen molar-refractivity contribution in [2.24, 2.45) is 0 Å². The number of thiophene rings is 1. The summed E-state index contributed by atoms with van der Waals surface area (Å²) >= 11 is 1.22. The lowest BCUT2D eigenvalue weighted by molar-refractivity contribution is -0.130. The normalized spacial score (nSPS) is 11.5. The van der Waals surface area contributed by atoms with Gasteiger partial charge in [0, 0.05) is 12.1 Å². The van der Waals surface area contributed by atoms with Gasteiger partial charge in [-0.3, -0.25) is 4.79 Å². The zero-order valence-corrected chi connectivity index (χ0v) is 15.9. The first kappa shape index (κ1) is 19.6. The zero-order chi connectivity index (χ0) is 19.9. The van der Waals surface area contributed by atoms with E-state index in [4.69, 9.17) is 9.47 Å². The summed E-state index contributed by atoms with van der Waals surface area (Å²) < 4.78 is 23.8. The molecule has 1 amide bonds. The van der Waals surface area contributed by atoms with Crippen molar-refractivity contribution >= 4 is 23.2 Å². The van der Waals surface area contributed by atoms with E-state index < -0.39 is 23.8 Å². The molecule has 1 N–H and O–H groups in total. The highest BCUT2D eigenvalue weighted by molar-refractivity contribution is 7.11. The van der Waals surface area contributed by atoms with E-state index in [0.29, 0.717) is 16.2 Å². The van der Waals surface area contributed by atoms with E-state index in [2.05, 4.69) is 5.32 Å². The average Bonchev–Trinajstić information content (AvgIpc) is 3.26. The van der Waals surface area contributed by atoms with Crippen molar-refractivity contribution < 1.29 is 23.5 Å². The quantitative estimate of drug-likeness (QED) is 0.608. The van der Waals surface area contributed by atoms with Gasteiger partial charge >= 0.3 is 5.97 Å². The number of carbonyl (C=O) groups excluding carboxylic acids is 2. The first-order valence-corrected chi connectivity index (χ1v) is 9.35. The van der Waals surface area contributed by atoms with Gasteiger partial charge in [-0.15, -0.1) is 11.3 Å². The minimum absolute atomic E-state index is 0.247. The summed E-state index contributed by atoms with van der Waals surface area (Å²) in [5, 5.41) is 4.50. The summed E-state index contributed by atoms with van der Waals surface area (Å²) in [6.07, 6.45) is -1.19. The number of amides is 1. The number of esters is 1. The third-order valence-corrected chi connectivity index (χ3v) is 4.83. The lowest BCUT2D eigenvalue weighted by Crippen LogP contribution is -2.31. The fraction of sp³-hybridized carbons (Fsp3) is 0.143. The van der Waals surface area contributed by atoms with Gasteiger partial charge in [-0.05, 0) is 41.3 Å². The Balaban J connectivity index is 1.73. The molecule has 0 aliphatic heterocycles. The van der Waals surface area contributed by atoms with Crippen LogP contribution < -0.4 is 10.1 Å². The maximum Gasteiger partial charge on any atom is 0.349 e. The molecule has 28 heavy (non-hydrogen) atoms. The van der Waals surface area contributed by atoms with E-state index in [0.717, 1.165) is 5.56 Å². The zero-order valence-electron chi connectivity index (χ0n) is 15.1. The van der Waals surface area contributed by atoms with Crippen molar-refractivity contribution in [2.75, 3.05) is 7.11 Å². The van der Waals surface area contributed by atoms with Crippen LogP contribution in [0.15, 0.2) is 66.0 Å². The molecule has 0 bridgehead atoms. The lowest BCUT2D eigenvalue weighted by atomic mass is 10.1. The van der Waals surface area contributed by atoms with E-state index in [1.165, 1.54) is 35.6 Å². The molecule has 1 atom stereocenters. The molecule has 144 valence electrons. The molecule has 7 heteroatoms. The van der Waals surface area contributed by atoms with Crippen LogP contribution in [0.2, 0.25) is 0 Å². The Morgan fingerprint density at radius 3 is 2.39 bits per heavy atom. The van der Waals surface area contributed by atoms with Crippen LogP contribution in [-0.4, -0.2) is 19.0 Å². The number of benzene rings is 2. The molecule has 1 heterocycles. The molecule has 0 saturated heterocycles. The summed E-state index contributed by atoms with van der Waals surface area (Å²) in [5.74, 6) is -0.828. The maximum absolute atomic E-state index is 13.3. The van der Waals surface area contributed by atoms with Crippen molar-refractivity contribution in [3.8, 4) is 5.75 Å². The van der Waals surface area contributed by atoms with Gasteiger partial charge in [0.05, 0.1) is 7.11 Å². The Bertz CT molecular complexity index is 924. The van der Waals surface area contributed by atoms with Gasteiger partial charge in [-0.2, -0.15) is 0 Å². The molecule has 5 nitrogen and oxygen atoms in total. The number of hydrogen-bond donors (Lipinski definition) is 1. The van der Waals surface area contributed by atoms with Crippen LogP contribution in [0, 0.1) is 5.82 Å². The third-order valence-electron chi connectivity index (χ3n) is 3.98. The highest BCUT2D eigenvalue weighted by Gasteiger charge is 2.26. The summed E-state index contributed by atoms with van der Waals surface area (Å²) in [6.45, 7) is 0.247. The fourth-order valence-corrected chi connectivity index (χ4v) is 3.10. The number of nitrogens with one attached hydrogen (secondary N) is 1. The van der Waals surface area contributed by atoms with Crippen molar-refractivity contribution in [1.82, 2.24) is 5.32 Å². The molecule has 0 radical (unpaired) electrons. The number of hydrogen-bond acceptors (Lipinski definition) is 5. The van der Waals surface area contributed by atoms with Gasteiger partial charge in [0.15, 0.2) is 0 Å². The van der Waals surface area contributed by atoms with Crippen LogP contribution in [0.4, 0.5) is 4.39 Å². The molecule has 0 saturated carbocycles. The van der Waals surface area contributed by atoms with Crippen molar-refractivity contribution in [3.63, 3.8) is 0 Å². The van der Waals surface area contributed by atoms with E-state index >= 15 is 0 Å². The summed E-state index contributed by atoms with van der Waals surface area (Å²) in [4.78, 5) is 25.4. The second-order valence-corrected chi connectivity index (χ2v) is 6.83. The van der Waals surface area contributed by atoms with Gasteiger partial charge in [-0.25, -0.2) is 9.18 Å². The van der Waals surface area contributed by atoms with E-state index in [-0.39, 0.29) is 6.54 Å². The Labute approximate surface area is 165 Å². The first-order chi connectivity index (χ1) is 13.6. The summed E-state index contributed by atoms with van der Waals surface area (Å²) in [5.41, 5.74) is 1.25. The molecule has 0 fully saturated rings. The molecule has 0 aliphatic rings.